The molecule has 2 N–H and O–H groups in total. The zero-order valence-corrected chi connectivity index (χ0v) is 11.3. The summed E-state index contributed by atoms with van der Waals surface area (Å²) in [5, 5.41) is 5.82. The van der Waals surface area contributed by atoms with Crippen molar-refractivity contribution in [1.82, 2.24) is 15.5 Å². The number of fused-ring (bicyclic) bond motifs is 1. The van der Waals surface area contributed by atoms with E-state index in [9.17, 15) is 9.59 Å². The van der Waals surface area contributed by atoms with E-state index in [2.05, 4.69) is 10.6 Å². The van der Waals surface area contributed by atoms with Gasteiger partial charge in [-0.3, -0.25) is 4.79 Å². The summed E-state index contributed by atoms with van der Waals surface area (Å²) in [6.45, 7) is 0.493. The van der Waals surface area contributed by atoms with E-state index in [0.29, 0.717) is 12.3 Å². The lowest BCUT2D eigenvalue weighted by Gasteiger charge is -2.43. The molecule has 1 saturated heterocycles. The standard InChI is InChI=1S/C14H19N3O3/c18-13-9-17(12-6-2-1-5-11(12)16-13)14(19)15-8-10-4-3-7-20-10/h3-4,7,11-12H,1-2,5-6,8-9H2,(H,15,19)(H,16,18)/t11-,12+/m0/s1. The van der Waals surface area contributed by atoms with E-state index >= 15 is 0 Å². The monoisotopic (exact) mass is 277 g/mol. The molecule has 1 saturated carbocycles. The van der Waals surface area contributed by atoms with Crippen LogP contribution < -0.4 is 10.6 Å². The fourth-order valence-electron chi connectivity index (χ4n) is 3.08. The van der Waals surface area contributed by atoms with Gasteiger partial charge in [-0.2, -0.15) is 0 Å². The molecule has 108 valence electrons. The molecule has 1 aromatic heterocycles. The number of amides is 3. The molecule has 1 aromatic rings. The van der Waals surface area contributed by atoms with Crippen molar-refractivity contribution in [2.45, 2.75) is 44.3 Å². The minimum Gasteiger partial charge on any atom is -0.467 e. The summed E-state index contributed by atoms with van der Waals surface area (Å²) in [6, 6.07) is 3.64. The van der Waals surface area contributed by atoms with E-state index < -0.39 is 0 Å². The van der Waals surface area contributed by atoms with Crippen LogP contribution in [0.4, 0.5) is 4.79 Å². The number of urea groups is 1. The first-order valence-corrected chi connectivity index (χ1v) is 7.10. The molecule has 0 unspecified atom stereocenters. The van der Waals surface area contributed by atoms with Crippen molar-refractivity contribution in [1.29, 1.82) is 0 Å². The number of carbonyl (C=O) groups excluding carboxylic acids is 2. The van der Waals surface area contributed by atoms with Crippen molar-refractivity contribution in [2.75, 3.05) is 6.54 Å². The molecule has 0 spiro atoms. The van der Waals surface area contributed by atoms with Gasteiger partial charge in [0.25, 0.3) is 0 Å². The quantitative estimate of drug-likeness (QED) is 0.854. The predicted molar refractivity (Wildman–Crippen MR) is 71.8 cm³/mol. The fraction of sp³-hybridized carbons (Fsp3) is 0.571. The average molecular weight is 277 g/mol. The fourth-order valence-corrected chi connectivity index (χ4v) is 3.08. The summed E-state index contributed by atoms with van der Waals surface area (Å²) >= 11 is 0. The molecule has 0 bridgehead atoms. The summed E-state index contributed by atoms with van der Waals surface area (Å²) in [7, 11) is 0. The van der Waals surface area contributed by atoms with Gasteiger partial charge in [0.1, 0.15) is 12.3 Å². The predicted octanol–water partition coefficient (Wildman–Crippen LogP) is 1.23. The van der Waals surface area contributed by atoms with E-state index in [1.54, 1.807) is 17.2 Å². The van der Waals surface area contributed by atoms with Crippen LogP contribution in [0.3, 0.4) is 0 Å². The normalized spacial score (nSPS) is 25.8. The van der Waals surface area contributed by atoms with E-state index in [1.807, 2.05) is 6.07 Å². The number of rotatable bonds is 2. The van der Waals surface area contributed by atoms with Crippen LogP contribution in [0.15, 0.2) is 22.8 Å². The van der Waals surface area contributed by atoms with Gasteiger partial charge in [-0.05, 0) is 25.0 Å². The van der Waals surface area contributed by atoms with Crippen molar-refractivity contribution in [2.24, 2.45) is 0 Å². The minimum atomic E-state index is -0.187. The molecule has 20 heavy (non-hydrogen) atoms. The smallest absolute Gasteiger partial charge is 0.318 e. The molecular formula is C14H19N3O3. The third-order valence-corrected chi connectivity index (χ3v) is 4.04. The second-order valence-corrected chi connectivity index (χ2v) is 5.39. The average Bonchev–Trinajstić information content (AvgIpc) is 2.97. The Morgan fingerprint density at radius 3 is 3.10 bits per heavy atom. The van der Waals surface area contributed by atoms with Crippen LogP contribution in [0.1, 0.15) is 31.4 Å². The number of nitrogens with zero attached hydrogens (tertiary/aromatic N) is 1. The number of furan rings is 1. The molecule has 2 fully saturated rings. The van der Waals surface area contributed by atoms with Crippen molar-refractivity contribution < 1.29 is 14.0 Å². The van der Waals surface area contributed by atoms with Crippen LogP contribution in [0, 0.1) is 0 Å². The lowest BCUT2D eigenvalue weighted by Crippen LogP contribution is -2.64. The Kier molecular flexibility index (Phi) is 3.62. The molecule has 3 rings (SSSR count). The number of carbonyl (C=O) groups is 2. The van der Waals surface area contributed by atoms with Crippen molar-refractivity contribution in [3.8, 4) is 0 Å². The van der Waals surface area contributed by atoms with Crippen LogP contribution in [0.2, 0.25) is 0 Å². The zero-order chi connectivity index (χ0) is 13.9. The molecule has 2 heterocycles. The van der Waals surface area contributed by atoms with E-state index in [0.717, 1.165) is 25.7 Å². The number of hydrogen-bond acceptors (Lipinski definition) is 3. The molecule has 6 heteroatoms. The third kappa shape index (κ3) is 2.64. The Balaban J connectivity index is 1.63. The summed E-state index contributed by atoms with van der Waals surface area (Å²) < 4.78 is 5.19. The topological polar surface area (TPSA) is 74.6 Å². The maximum atomic E-state index is 12.3. The number of nitrogens with one attached hydrogen (secondary N) is 2. The molecule has 0 aromatic carbocycles. The van der Waals surface area contributed by atoms with Gasteiger partial charge in [0.05, 0.1) is 18.8 Å². The summed E-state index contributed by atoms with van der Waals surface area (Å²) in [4.78, 5) is 25.7. The number of hydrogen-bond donors (Lipinski definition) is 2. The molecule has 1 aliphatic heterocycles. The maximum Gasteiger partial charge on any atom is 0.318 e. The zero-order valence-electron chi connectivity index (χ0n) is 11.3. The van der Waals surface area contributed by atoms with Crippen molar-refractivity contribution in [3.05, 3.63) is 24.2 Å². The van der Waals surface area contributed by atoms with Crippen LogP contribution >= 0.6 is 0 Å². The highest BCUT2D eigenvalue weighted by Crippen LogP contribution is 2.25. The summed E-state index contributed by atoms with van der Waals surface area (Å²) in [6.07, 6.45) is 5.72. The van der Waals surface area contributed by atoms with Gasteiger partial charge >= 0.3 is 6.03 Å². The van der Waals surface area contributed by atoms with Crippen LogP contribution in [0.25, 0.3) is 0 Å². The first kappa shape index (κ1) is 13.0. The highest BCUT2D eigenvalue weighted by molar-refractivity contribution is 5.86. The van der Waals surface area contributed by atoms with Gasteiger partial charge in [0.15, 0.2) is 0 Å². The van der Waals surface area contributed by atoms with Gasteiger partial charge in [0.2, 0.25) is 5.91 Å². The van der Waals surface area contributed by atoms with E-state index in [1.165, 1.54) is 0 Å². The van der Waals surface area contributed by atoms with E-state index in [4.69, 9.17) is 4.42 Å². The molecule has 2 aliphatic rings. The molecule has 6 nitrogen and oxygen atoms in total. The second-order valence-electron chi connectivity index (χ2n) is 5.39. The highest BCUT2D eigenvalue weighted by Gasteiger charge is 2.38. The lowest BCUT2D eigenvalue weighted by atomic mass is 9.87. The summed E-state index contributed by atoms with van der Waals surface area (Å²) in [5.41, 5.74) is 0. The molecule has 0 radical (unpaired) electrons. The minimum absolute atomic E-state index is 0.0682. The third-order valence-electron chi connectivity index (χ3n) is 4.04. The van der Waals surface area contributed by atoms with Gasteiger partial charge in [-0.25, -0.2) is 4.79 Å². The largest absolute Gasteiger partial charge is 0.467 e. The first-order chi connectivity index (χ1) is 9.74. The Bertz CT molecular complexity index is 486. The molecule has 2 atom stereocenters. The van der Waals surface area contributed by atoms with Crippen molar-refractivity contribution >= 4 is 11.9 Å². The highest BCUT2D eigenvalue weighted by atomic mass is 16.3. The summed E-state index contributed by atoms with van der Waals surface area (Å²) in [5.74, 6) is 0.640. The first-order valence-electron chi connectivity index (χ1n) is 7.10. The van der Waals surface area contributed by atoms with E-state index in [-0.39, 0.29) is 30.6 Å². The number of piperazine rings is 1. The molecule has 3 amide bonds. The Morgan fingerprint density at radius 1 is 1.45 bits per heavy atom. The second kappa shape index (κ2) is 5.56. The van der Waals surface area contributed by atoms with Gasteiger partial charge in [0, 0.05) is 6.04 Å². The lowest BCUT2D eigenvalue weighted by molar-refractivity contribution is -0.126. The van der Waals surface area contributed by atoms with Crippen LogP contribution in [-0.4, -0.2) is 35.5 Å². The maximum absolute atomic E-state index is 12.3. The van der Waals surface area contributed by atoms with Gasteiger partial charge in [-0.1, -0.05) is 12.8 Å². The Morgan fingerprint density at radius 2 is 2.30 bits per heavy atom. The van der Waals surface area contributed by atoms with Crippen molar-refractivity contribution in [3.63, 3.8) is 0 Å². The van der Waals surface area contributed by atoms with Crippen LogP contribution in [-0.2, 0) is 11.3 Å². The van der Waals surface area contributed by atoms with Gasteiger partial charge < -0.3 is 20.0 Å². The Labute approximate surface area is 117 Å². The SMILES string of the molecule is O=C1CN(C(=O)NCc2ccco2)[C@@H]2CCCC[C@@H]2N1. The molecular weight excluding hydrogens is 258 g/mol. The van der Waals surface area contributed by atoms with Crippen LogP contribution in [0.5, 0.6) is 0 Å². The Hall–Kier alpha value is -1.98. The van der Waals surface area contributed by atoms with Gasteiger partial charge in [-0.15, -0.1) is 0 Å². The molecule has 1 aliphatic carbocycles.